The Hall–Kier alpha value is -0.900. The van der Waals surface area contributed by atoms with E-state index in [9.17, 15) is 0 Å². The van der Waals surface area contributed by atoms with Crippen molar-refractivity contribution in [1.82, 2.24) is 0 Å². The molecule has 0 aliphatic carbocycles. The van der Waals surface area contributed by atoms with Crippen molar-refractivity contribution in [3.05, 3.63) is 35.4 Å². The largest absolute Gasteiger partial charge is 0.394 e. The van der Waals surface area contributed by atoms with Crippen molar-refractivity contribution in [2.24, 2.45) is 11.5 Å². The van der Waals surface area contributed by atoms with Crippen molar-refractivity contribution >= 4 is 0 Å². The van der Waals surface area contributed by atoms with Crippen molar-refractivity contribution in [3.8, 4) is 0 Å². The van der Waals surface area contributed by atoms with Gasteiger partial charge in [0.05, 0.1) is 0 Å². The zero-order valence-electron chi connectivity index (χ0n) is 8.90. The lowest BCUT2D eigenvalue weighted by Gasteiger charge is -1.98. The highest BCUT2D eigenvalue weighted by Crippen LogP contribution is 2.02. The quantitative estimate of drug-likeness (QED) is 0.660. The summed E-state index contributed by atoms with van der Waals surface area (Å²) in [6.07, 6.45) is -0.167. The van der Waals surface area contributed by atoms with Crippen LogP contribution in [-0.4, -0.2) is 11.2 Å². The number of hydrogen-bond donors (Lipinski definition) is 3. The summed E-state index contributed by atoms with van der Waals surface area (Å²) in [5.41, 5.74) is 13.1. The number of benzene rings is 1. The van der Waals surface area contributed by atoms with Crippen LogP contribution in [0, 0.1) is 0 Å². The average molecular weight is 196 g/mol. The summed E-state index contributed by atoms with van der Waals surface area (Å²) in [6, 6.07) is 8.00. The summed E-state index contributed by atoms with van der Waals surface area (Å²) in [5.74, 6) is 0. The Morgan fingerprint density at radius 2 is 1.50 bits per heavy atom. The van der Waals surface area contributed by atoms with E-state index in [1.165, 1.54) is 0 Å². The van der Waals surface area contributed by atoms with E-state index in [2.05, 4.69) is 0 Å². The van der Waals surface area contributed by atoms with Crippen molar-refractivity contribution < 1.29 is 5.11 Å². The predicted octanol–water partition coefficient (Wildman–Crippen LogP) is 0.991. The van der Waals surface area contributed by atoms with Gasteiger partial charge in [0.25, 0.3) is 0 Å². The average Bonchev–Trinajstić information content (AvgIpc) is 2.17. The molecule has 0 saturated heterocycles. The van der Waals surface area contributed by atoms with Crippen LogP contribution in [0.2, 0.25) is 0 Å². The summed E-state index contributed by atoms with van der Waals surface area (Å²) in [4.78, 5) is 0. The Morgan fingerprint density at radius 1 is 1.14 bits per heavy atom. The van der Waals surface area contributed by atoms with Gasteiger partial charge in [-0.15, -0.1) is 0 Å². The van der Waals surface area contributed by atoms with Gasteiger partial charge in [-0.25, -0.2) is 0 Å². The van der Waals surface area contributed by atoms with Crippen LogP contribution in [0.25, 0.3) is 0 Å². The van der Waals surface area contributed by atoms with Gasteiger partial charge in [-0.2, -0.15) is 0 Å². The van der Waals surface area contributed by atoms with E-state index in [-0.39, 0.29) is 6.10 Å². The molecule has 0 saturated carbocycles. The fraction of sp³-hybridized carbons (Fsp3) is 0.455. The number of nitrogens with two attached hydrogens (primary N) is 2. The number of aliphatic hydroxyl groups excluding tert-OH is 1. The van der Waals surface area contributed by atoms with Crippen LogP contribution in [0.15, 0.2) is 24.3 Å². The third-order valence-corrected chi connectivity index (χ3v) is 1.46. The molecule has 0 bridgehead atoms. The van der Waals surface area contributed by atoms with Gasteiger partial charge in [-0.05, 0) is 25.0 Å². The van der Waals surface area contributed by atoms with E-state index in [0.29, 0.717) is 13.1 Å². The first-order valence-corrected chi connectivity index (χ1v) is 4.76. The van der Waals surface area contributed by atoms with Gasteiger partial charge in [0, 0.05) is 19.2 Å². The molecule has 0 spiro atoms. The molecule has 0 aromatic heterocycles. The smallest absolute Gasteiger partial charge is 0.0483 e. The van der Waals surface area contributed by atoms with Gasteiger partial charge >= 0.3 is 0 Å². The molecular formula is C11H20N2O. The second-order valence-corrected chi connectivity index (χ2v) is 3.32. The highest BCUT2D eigenvalue weighted by molar-refractivity contribution is 5.22. The fourth-order valence-corrected chi connectivity index (χ4v) is 0.884. The van der Waals surface area contributed by atoms with Crippen molar-refractivity contribution in [1.29, 1.82) is 0 Å². The molecule has 0 atom stereocenters. The molecule has 0 unspecified atom stereocenters. The maximum absolute atomic E-state index is 8.06. The molecule has 0 radical (unpaired) electrons. The van der Waals surface area contributed by atoms with Crippen LogP contribution in [0.3, 0.4) is 0 Å². The topological polar surface area (TPSA) is 72.3 Å². The summed E-state index contributed by atoms with van der Waals surface area (Å²) in [6.45, 7) is 4.63. The SMILES string of the molecule is CC(C)O.NCc1cccc(CN)c1. The van der Waals surface area contributed by atoms with Crippen molar-refractivity contribution in [3.63, 3.8) is 0 Å². The molecule has 3 nitrogen and oxygen atoms in total. The van der Waals surface area contributed by atoms with Crippen molar-refractivity contribution in [2.75, 3.05) is 0 Å². The van der Waals surface area contributed by atoms with Crippen LogP contribution >= 0.6 is 0 Å². The summed E-state index contributed by atoms with van der Waals surface area (Å²) >= 11 is 0. The van der Waals surface area contributed by atoms with Crippen LogP contribution in [0.4, 0.5) is 0 Å². The third-order valence-electron chi connectivity index (χ3n) is 1.46. The summed E-state index contributed by atoms with van der Waals surface area (Å²) in [5, 5.41) is 8.06. The van der Waals surface area contributed by atoms with Gasteiger partial charge in [-0.3, -0.25) is 0 Å². The second-order valence-electron chi connectivity index (χ2n) is 3.32. The first kappa shape index (κ1) is 13.1. The molecular weight excluding hydrogens is 176 g/mol. The normalized spacial score (nSPS) is 9.57. The Labute approximate surface area is 85.7 Å². The lowest BCUT2D eigenvalue weighted by Crippen LogP contribution is -2.00. The Kier molecular flexibility index (Phi) is 7.02. The highest BCUT2D eigenvalue weighted by atomic mass is 16.3. The monoisotopic (exact) mass is 196 g/mol. The van der Waals surface area contributed by atoms with Crippen molar-refractivity contribution in [2.45, 2.75) is 33.0 Å². The molecule has 1 aromatic rings. The van der Waals surface area contributed by atoms with Crippen LogP contribution < -0.4 is 11.5 Å². The molecule has 14 heavy (non-hydrogen) atoms. The molecule has 0 aliphatic heterocycles. The lowest BCUT2D eigenvalue weighted by molar-refractivity contribution is 0.216. The lowest BCUT2D eigenvalue weighted by atomic mass is 10.1. The van der Waals surface area contributed by atoms with E-state index in [0.717, 1.165) is 11.1 Å². The Morgan fingerprint density at radius 3 is 1.79 bits per heavy atom. The molecule has 80 valence electrons. The zero-order valence-corrected chi connectivity index (χ0v) is 8.90. The Balaban J connectivity index is 0.000000364. The summed E-state index contributed by atoms with van der Waals surface area (Å²) in [7, 11) is 0. The minimum atomic E-state index is -0.167. The second kappa shape index (κ2) is 7.50. The van der Waals surface area contributed by atoms with Crippen LogP contribution in [-0.2, 0) is 13.1 Å². The van der Waals surface area contributed by atoms with E-state index in [1.54, 1.807) is 13.8 Å². The fourth-order valence-electron chi connectivity index (χ4n) is 0.884. The minimum Gasteiger partial charge on any atom is -0.394 e. The van der Waals surface area contributed by atoms with E-state index in [4.69, 9.17) is 16.6 Å². The van der Waals surface area contributed by atoms with Gasteiger partial charge in [0.15, 0.2) is 0 Å². The third kappa shape index (κ3) is 6.60. The van der Waals surface area contributed by atoms with Gasteiger partial charge in [-0.1, -0.05) is 24.3 Å². The van der Waals surface area contributed by atoms with Gasteiger partial charge in [0.1, 0.15) is 0 Å². The van der Waals surface area contributed by atoms with Crippen LogP contribution in [0.5, 0.6) is 0 Å². The molecule has 5 N–H and O–H groups in total. The maximum Gasteiger partial charge on any atom is 0.0483 e. The number of aliphatic hydroxyl groups is 1. The maximum atomic E-state index is 8.06. The summed E-state index contributed by atoms with van der Waals surface area (Å²) < 4.78 is 0. The molecule has 1 aromatic carbocycles. The first-order chi connectivity index (χ1) is 6.60. The highest BCUT2D eigenvalue weighted by Gasteiger charge is 1.89. The molecule has 3 heteroatoms. The predicted molar refractivity (Wildman–Crippen MR) is 59.6 cm³/mol. The van der Waals surface area contributed by atoms with E-state index >= 15 is 0 Å². The van der Waals surface area contributed by atoms with E-state index < -0.39 is 0 Å². The number of hydrogen-bond acceptors (Lipinski definition) is 3. The zero-order chi connectivity index (χ0) is 11.0. The molecule has 1 rings (SSSR count). The minimum absolute atomic E-state index is 0.167. The van der Waals surface area contributed by atoms with E-state index in [1.807, 2.05) is 24.3 Å². The standard InChI is InChI=1S/C8H12N2.C3H8O/c9-5-7-2-1-3-8(4-7)6-10;1-3(2)4/h1-4H,5-6,9-10H2;3-4H,1-2H3. The molecule has 0 heterocycles. The first-order valence-electron chi connectivity index (χ1n) is 4.76. The molecule has 0 amide bonds. The molecule has 0 aliphatic rings. The number of rotatable bonds is 2. The van der Waals surface area contributed by atoms with Crippen LogP contribution in [0.1, 0.15) is 25.0 Å². The Bertz CT molecular complexity index is 227. The van der Waals surface area contributed by atoms with Gasteiger partial charge in [0.2, 0.25) is 0 Å². The molecule has 0 fully saturated rings. The van der Waals surface area contributed by atoms with Gasteiger partial charge < -0.3 is 16.6 Å².